The molecule has 16 heavy (non-hydrogen) atoms. The largest absolute Gasteiger partial charge is 0.468 e. The second kappa shape index (κ2) is 4.95. The Kier molecular flexibility index (Phi) is 3.86. The molecule has 0 heterocycles. The van der Waals surface area contributed by atoms with Crippen LogP contribution < -0.4 is 10.5 Å². The van der Waals surface area contributed by atoms with Crippen molar-refractivity contribution in [2.75, 3.05) is 19.0 Å². The molecule has 0 saturated carbocycles. The quantitative estimate of drug-likeness (QED) is 0.722. The first-order valence-electron chi connectivity index (χ1n) is 4.37. The maximum Gasteiger partial charge on any atom is 0.325 e. The van der Waals surface area contributed by atoms with Gasteiger partial charge in [0.25, 0.3) is 0 Å². The van der Waals surface area contributed by atoms with Crippen LogP contribution >= 0.6 is 0 Å². The van der Waals surface area contributed by atoms with E-state index in [1.807, 2.05) is 0 Å². The minimum atomic E-state index is -3.67. The van der Waals surface area contributed by atoms with Gasteiger partial charge in [-0.1, -0.05) is 0 Å². The molecule has 0 aliphatic heterocycles. The van der Waals surface area contributed by atoms with Crippen LogP contribution in [-0.4, -0.2) is 28.0 Å². The molecule has 0 aliphatic carbocycles. The molecule has 0 atom stereocenters. The summed E-state index contributed by atoms with van der Waals surface area (Å²) in [6, 6.07) is 5.75. The molecule has 0 amide bonds. The van der Waals surface area contributed by atoms with Crippen molar-refractivity contribution in [3.05, 3.63) is 24.3 Å². The van der Waals surface area contributed by atoms with E-state index < -0.39 is 16.0 Å². The number of primary sulfonamides is 1. The van der Waals surface area contributed by atoms with Crippen molar-refractivity contribution in [1.82, 2.24) is 0 Å². The van der Waals surface area contributed by atoms with Gasteiger partial charge < -0.3 is 10.1 Å². The standard InChI is InChI=1S/C9H12N2O4S/c1-15-9(12)6-11-7-2-4-8(5-3-7)16(10,13)14/h2-5,11H,6H2,1H3,(H2,10,13,14). The molecule has 1 aromatic rings. The van der Waals surface area contributed by atoms with Gasteiger partial charge in [0, 0.05) is 5.69 Å². The SMILES string of the molecule is COC(=O)CNc1ccc(S(N)(=O)=O)cc1. The number of carbonyl (C=O) groups excluding carboxylic acids is 1. The second-order valence-electron chi connectivity index (χ2n) is 3.00. The summed E-state index contributed by atoms with van der Waals surface area (Å²) in [5.41, 5.74) is 0.609. The maximum atomic E-state index is 10.9. The van der Waals surface area contributed by atoms with Crippen molar-refractivity contribution in [2.45, 2.75) is 4.90 Å². The Hall–Kier alpha value is -1.60. The zero-order chi connectivity index (χ0) is 12.2. The van der Waals surface area contributed by atoms with Crippen LogP contribution in [0.4, 0.5) is 5.69 Å². The van der Waals surface area contributed by atoms with E-state index in [2.05, 4.69) is 10.1 Å². The predicted molar refractivity (Wildman–Crippen MR) is 58.3 cm³/mol. The number of nitrogens with one attached hydrogen (secondary N) is 1. The minimum absolute atomic E-state index is 0.0191. The fourth-order valence-corrected chi connectivity index (χ4v) is 1.52. The number of methoxy groups -OCH3 is 1. The summed E-state index contributed by atoms with van der Waals surface area (Å²) in [4.78, 5) is 10.8. The van der Waals surface area contributed by atoms with Crippen LogP contribution in [0, 0.1) is 0 Å². The molecule has 0 bridgehead atoms. The molecule has 0 aromatic heterocycles. The van der Waals surface area contributed by atoms with Gasteiger partial charge in [-0.15, -0.1) is 0 Å². The fourth-order valence-electron chi connectivity index (χ4n) is 1.01. The summed E-state index contributed by atoms with van der Waals surface area (Å²) in [5.74, 6) is -0.407. The van der Waals surface area contributed by atoms with E-state index >= 15 is 0 Å². The van der Waals surface area contributed by atoms with E-state index in [0.717, 1.165) is 0 Å². The van der Waals surface area contributed by atoms with Crippen molar-refractivity contribution >= 4 is 21.7 Å². The molecule has 88 valence electrons. The van der Waals surface area contributed by atoms with Crippen LogP contribution in [0.2, 0.25) is 0 Å². The van der Waals surface area contributed by atoms with Crippen molar-refractivity contribution in [3.8, 4) is 0 Å². The van der Waals surface area contributed by atoms with Gasteiger partial charge in [0.15, 0.2) is 0 Å². The predicted octanol–water partition coefficient (Wildman–Crippen LogP) is -0.0811. The monoisotopic (exact) mass is 244 g/mol. The Bertz CT molecular complexity index is 467. The van der Waals surface area contributed by atoms with E-state index in [4.69, 9.17) is 5.14 Å². The highest BCUT2D eigenvalue weighted by Crippen LogP contribution is 2.12. The molecule has 0 spiro atoms. The Morgan fingerprint density at radius 3 is 2.38 bits per heavy atom. The number of hydrogen-bond donors (Lipinski definition) is 2. The summed E-state index contributed by atoms with van der Waals surface area (Å²) < 4.78 is 26.3. The van der Waals surface area contributed by atoms with Crippen molar-refractivity contribution < 1.29 is 17.9 Å². The first-order chi connectivity index (χ1) is 7.43. The summed E-state index contributed by atoms with van der Waals surface area (Å²) in [6.45, 7) is 0.0191. The lowest BCUT2D eigenvalue weighted by molar-refractivity contribution is -0.138. The van der Waals surface area contributed by atoms with Crippen LogP contribution in [0.1, 0.15) is 0 Å². The minimum Gasteiger partial charge on any atom is -0.468 e. The third-order valence-corrected chi connectivity index (χ3v) is 2.78. The van der Waals surface area contributed by atoms with E-state index in [1.165, 1.54) is 31.4 Å². The highest BCUT2D eigenvalue weighted by Gasteiger charge is 2.06. The van der Waals surface area contributed by atoms with Gasteiger partial charge in [0.2, 0.25) is 10.0 Å². The number of rotatable bonds is 4. The molecule has 7 heteroatoms. The van der Waals surface area contributed by atoms with Gasteiger partial charge >= 0.3 is 5.97 Å². The van der Waals surface area contributed by atoms with E-state index in [0.29, 0.717) is 5.69 Å². The van der Waals surface area contributed by atoms with E-state index in [-0.39, 0.29) is 11.4 Å². The average molecular weight is 244 g/mol. The van der Waals surface area contributed by atoms with Crippen molar-refractivity contribution in [3.63, 3.8) is 0 Å². The lowest BCUT2D eigenvalue weighted by Gasteiger charge is -2.05. The molecule has 0 saturated heterocycles. The number of carbonyl (C=O) groups is 1. The topological polar surface area (TPSA) is 98.5 Å². The molecule has 0 fully saturated rings. The van der Waals surface area contributed by atoms with Crippen LogP contribution in [0.3, 0.4) is 0 Å². The molecule has 0 unspecified atom stereocenters. The highest BCUT2D eigenvalue weighted by atomic mass is 32.2. The molecular weight excluding hydrogens is 232 g/mol. The van der Waals surface area contributed by atoms with Gasteiger partial charge in [0.05, 0.1) is 12.0 Å². The Balaban J connectivity index is 2.69. The van der Waals surface area contributed by atoms with Crippen LogP contribution in [0.15, 0.2) is 29.2 Å². The number of hydrogen-bond acceptors (Lipinski definition) is 5. The molecule has 1 aromatic carbocycles. The lowest BCUT2D eigenvalue weighted by Crippen LogP contribution is -2.15. The van der Waals surface area contributed by atoms with Crippen molar-refractivity contribution in [2.24, 2.45) is 5.14 Å². The zero-order valence-corrected chi connectivity index (χ0v) is 9.45. The van der Waals surface area contributed by atoms with Crippen molar-refractivity contribution in [1.29, 1.82) is 0 Å². The molecular formula is C9H12N2O4S. The average Bonchev–Trinajstić information content (AvgIpc) is 2.25. The fraction of sp³-hybridized carbons (Fsp3) is 0.222. The molecule has 1 rings (SSSR count). The maximum absolute atomic E-state index is 10.9. The van der Waals surface area contributed by atoms with E-state index in [1.54, 1.807) is 0 Å². The third-order valence-electron chi connectivity index (χ3n) is 1.85. The number of nitrogens with two attached hydrogens (primary N) is 1. The number of ether oxygens (including phenoxy) is 1. The molecule has 6 nitrogen and oxygen atoms in total. The smallest absolute Gasteiger partial charge is 0.325 e. The second-order valence-corrected chi connectivity index (χ2v) is 4.56. The first-order valence-corrected chi connectivity index (χ1v) is 5.91. The van der Waals surface area contributed by atoms with Gasteiger partial charge in [-0.3, -0.25) is 4.79 Å². The number of esters is 1. The van der Waals surface area contributed by atoms with Crippen LogP contribution in [0.25, 0.3) is 0 Å². The Labute approximate surface area is 93.5 Å². The highest BCUT2D eigenvalue weighted by molar-refractivity contribution is 7.89. The Morgan fingerprint density at radius 2 is 1.94 bits per heavy atom. The lowest BCUT2D eigenvalue weighted by atomic mass is 10.3. The number of sulfonamides is 1. The van der Waals surface area contributed by atoms with Gasteiger partial charge in [-0.05, 0) is 24.3 Å². The zero-order valence-electron chi connectivity index (χ0n) is 8.64. The summed E-state index contributed by atoms with van der Waals surface area (Å²) in [5, 5.41) is 7.69. The summed E-state index contributed by atoms with van der Waals surface area (Å²) in [7, 11) is -2.39. The van der Waals surface area contributed by atoms with Crippen LogP contribution in [-0.2, 0) is 19.6 Å². The third kappa shape index (κ3) is 3.52. The summed E-state index contributed by atoms with van der Waals surface area (Å²) >= 11 is 0. The van der Waals surface area contributed by atoms with E-state index in [9.17, 15) is 13.2 Å². The summed E-state index contributed by atoms with van der Waals surface area (Å²) in [6.07, 6.45) is 0. The first kappa shape index (κ1) is 12.5. The number of benzene rings is 1. The normalized spacial score (nSPS) is 10.9. The van der Waals surface area contributed by atoms with Crippen LogP contribution in [0.5, 0.6) is 0 Å². The number of anilines is 1. The molecule has 3 N–H and O–H groups in total. The Morgan fingerprint density at radius 1 is 1.38 bits per heavy atom. The molecule has 0 radical (unpaired) electrons. The van der Waals surface area contributed by atoms with Gasteiger partial charge in [-0.2, -0.15) is 0 Å². The molecule has 0 aliphatic rings. The van der Waals surface area contributed by atoms with Gasteiger partial charge in [-0.25, -0.2) is 13.6 Å². The van der Waals surface area contributed by atoms with Gasteiger partial charge in [0.1, 0.15) is 6.54 Å².